The molecular weight excluding hydrogens is 395 g/mol. The first-order valence-corrected chi connectivity index (χ1v) is 10.4. The van der Waals surface area contributed by atoms with Crippen molar-refractivity contribution in [3.8, 4) is 0 Å². The van der Waals surface area contributed by atoms with Gasteiger partial charge in [0.15, 0.2) is 0 Å². The summed E-state index contributed by atoms with van der Waals surface area (Å²) >= 11 is 1.64. The predicted octanol–water partition coefficient (Wildman–Crippen LogP) is 5.99. The fourth-order valence-electron chi connectivity index (χ4n) is 3.75. The molecule has 4 rings (SSSR count). The quantitative estimate of drug-likeness (QED) is 0.522. The number of aromatic nitrogens is 2. The van der Waals surface area contributed by atoms with Gasteiger partial charge in [-0.3, -0.25) is 4.68 Å². The van der Waals surface area contributed by atoms with Gasteiger partial charge in [-0.15, -0.1) is 11.8 Å². The second-order valence-corrected chi connectivity index (χ2v) is 8.57. The van der Waals surface area contributed by atoms with E-state index in [9.17, 15) is 13.2 Å². The second-order valence-electron chi connectivity index (χ2n) is 7.32. The molecule has 1 aromatic heterocycles. The Kier molecular flexibility index (Phi) is 5.34. The number of rotatable bonds is 3. The Morgan fingerprint density at radius 1 is 1.14 bits per heavy atom. The molecule has 0 unspecified atom stereocenters. The largest absolute Gasteiger partial charge is 0.416 e. The van der Waals surface area contributed by atoms with Gasteiger partial charge in [0.1, 0.15) is 0 Å². The lowest BCUT2D eigenvalue weighted by molar-refractivity contribution is -0.137. The summed E-state index contributed by atoms with van der Waals surface area (Å²) < 4.78 is 41.3. The number of para-hydroxylation sites is 1. The third-order valence-corrected chi connectivity index (χ3v) is 6.59. The van der Waals surface area contributed by atoms with Crippen LogP contribution in [0, 0.1) is 6.92 Å². The Balaban J connectivity index is 1.64. The molecule has 0 radical (unpaired) electrons. The number of fused-ring (bicyclic) bond motifs is 1. The monoisotopic (exact) mass is 417 g/mol. The van der Waals surface area contributed by atoms with E-state index in [1.54, 1.807) is 17.8 Å². The molecule has 0 saturated carbocycles. The van der Waals surface area contributed by atoms with Gasteiger partial charge in [-0.05, 0) is 37.1 Å². The summed E-state index contributed by atoms with van der Waals surface area (Å²) in [6.07, 6.45) is -1.53. The molecule has 3 nitrogen and oxygen atoms in total. The van der Waals surface area contributed by atoms with E-state index in [4.69, 9.17) is 0 Å². The first kappa shape index (κ1) is 19.9. The maximum atomic E-state index is 13.2. The van der Waals surface area contributed by atoms with Crippen LogP contribution < -0.4 is 4.90 Å². The Morgan fingerprint density at radius 2 is 1.93 bits per heavy atom. The van der Waals surface area contributed by atoms with Gasteiger partial charge in [0.25, 0.3) is 0 Å². The Hall–Kier alpha value is -2.41. The van der Waals surface area contributed by atoms with Crippen molar-refractivity contribution >= 4 is 17.4 Å². The van der Waals surface area contributed by atoms with E-state index in [1.165, 1.54) is 12.1 Å². The molecular formula is C22H22F3N3S. The van der Waals surface area contributed by atoms with E-state index >= 15 is 0 Å². The van der Waals surface area contributed by atoms with Gasteiger partial charge in [-0.1, -0.05) is 30.3 Å². The highest BCUT2D eigenvalue weighted by Gasteiger charge is 2.32. The molecule has 1 aliphatic rings. The minimum atomic E-state index is -4.33. The molecule has 0 amide bonds. The molecule has 2 aromatic carbocycles. The summed E-state index contributed by atoms with van der Waals surface area (Å²) in [7, 11) is 1.91. The number of anilines is 1. The molecule has 0 aliphatic carbocycles. The van der Waals surface area contributed by atoms with E-state index in [2.05, 4.69) is 22.1 Å². The smallest absolute Gasteiger partial charge is 0.366 e. The highest BCUT2D eigenvalue weighted by Crippen LogP contribution is 2.46. The van der Waals surface area contributed by atoms with Gasteiger partial charge in [-0.2, -0.15) is 18.3 Å². The van der Waals surface area contributed by atoms with Crippen LogP contribution >= 0.6 is 11.8 Å². The van der Waals surface area contributed by atoms with Crippen LogP contribution in [-0.2, 0) is 19.8 Å². The summed E-state index contributed by atoms with van der Waals surface area (Å²) in [6, 6.07) is 13.9. The van der Waals surface area contributed by atoms with Crippen LogP contribution in [0.15, 0.2) is 59.6 Å². The molecule has 7 heteroatoms. The molecule has 3 aromatic rings. The lowest BCUT2D eigenvalue weighted by Crippen LogP contribution is -2.24. The van der Waals surface area contributed by atoms with E-state index < -0.39 is 11.7 Å². The highest BCUT2D eigenvalue weighted by molar-refractivity contribution is 7.99. The average Bonchev–Trinajstić information content (AvgIpc) is 2.89. The van der Waals surface area contributed by atoms with E-state index in [1.807, 2.05) is 37.0 Å². The van der Waals surface area contributed by atoms with Gasteiger partial charge in [0.05, 0.1) is 16.9 Å². The maximum absolute atomic E-state index is 13.2. The fourth-order valence-corrected chi connectivity index (χ4v) is 5.04. The van der Waals surface area contributed by atoms with Crippen molar-refractivity contribution in [2.24, 2.45) is 7.05 Å². The Morgan fingerprint density at radius 3 is 2.66 bits per heavy atom. The Labute approximate surface area is 172 Å². The molecule has 1 aliphatic heterocycles. The Bertz CT molecular complexity index is 1010. The number of halogens is 3. The molecule has 0 spiro atoms. The molecule has 0 saturated heterocycles. The normalized spacial score (nSPS) is 17.1. The van der Waals surface area contributed by atoms with Crippen molar-refractivity contribution in [2.45, 2.75) is 36.2 Å². The number of hydrogen-bond donors (Lipinski definition) is 0. The van der Waals surface area contributed by atoms with Gasteiger partial charge < -0.3 is 4.90 Å². The lowest BCUT2D eigenvalue weighted by atomic mass is 10.1. The minimum Gasteiger partial charge on any atom is -0.366 e. The standard InChI is InChI=1S/C22H22F3N3S/c1-15-17(13-27(2)26-15)14-28-11-10-20(29-21-9-4-3-8-19(21)28)16-6-5-7-18(12-16)22(23,24)25/h3-9,12-13,20H,10-11,14H2,1-2H3/t20-/m1/s1. The van der Waals surface area contributed by atoms with E-state index in [-0.39, 0.29) is 5.25 Å². The number of hydrogen-bond acceptors (Lipinski definition) is 3. The van der Waals surface area contributed by atoms with Crippen LogP contribution in [0.25, 0.3) is 0 Å². The number of benzene rings is 2. The van der Waals surface area contributed by atoms with Crippen molar-refractivity contribution in [3.63, 3.8) is 0 Å². The fraction of sp³-hybridized carbons (Fsp3) is 0.318. The van der Waals surface area contributed by atoms with Gasteiger partial charge in [-0.25, -0.2) is 0 Å². The van der Waals surface area contributed by atoms with Crippen molar-refractivity contribution in [3.05, 3.63) is 77.1 Å². The first-order chi connectivity index (χ1) is 13.8. The van der Waals surface area contributed by atoms with Crippen LogP contribution in [0.5, 0.6) is 0 Å². The van der Waals surface area contributed by atoms with Crippen molar-refractivity contribution < 1.29 is 13.2 Å². The molecule has 0 bridgehead atoms. The van der Waals surface area contributed by atoms with E-state index in [0.29, 0.717) is 0 Å². The maximum Gasteiger partial charge on any atom is 0.416 e. The molecule has 152 valence electrons. The zero-order valence-corrected chi connectivity index (χ0v) is 17.1. The van der Waals surface area contributed by atoms with Gasteiger partial charge in [0.2, 0.25) is 0 Å². The van der Waals surface area contributed by atoms with Crippen LogP contribution in [0.1, 0.15) is 34.1 Å². The highest BCUT2D eigenvalue weighted by atomic mass is 32.2. The molecule has 0 fully saturated rings. The lowest BCUT2D eigenvalue weighted by Gasteiger charge is -2.24. The summed E-state index contributed by atoms with van der Waals surface area (Å²) in [5.41, 5.74) is 3.41. The first-order valence-electron chi connectivity index (χ1n) is 9.48. The number of nitrogens with zero attached hydrogens (tertiary/aromatic N) is 3. The summed E-state index contributed by atoms with van der Waals surface area (Å²) in [5.74, 6) is 0. The summed E-state index contributed by atoms with van der Waals surface area (Å²) in [5, 5.41) is 4.40. The van der Waals surface area contributed by atoms with Crippen molar-refractivity contribution in [2.75, 3.05) is 11.4 Å². The molecule has 29 heavy (non-hydrogen) atoms. The van der Waals surface area contributed by atoms with E-state index in [0.717, 1.165) is 53.0 Å². The zero-order chi connectivity index (χ0) is 20.6. The summed E-state index contributed by atoms with van der Waals surface area (Å²) in [4.78, 5) is 3.40. The predicted molar refractivity (Wildman–Crippen MR) is 110 cm³/mol. The SMILES string of the molecule is Cc1nn(C)cc1CN1CC[C@H](c2cccc(C(F)(F)F)c2)Sc2ccccc21. The van der Waals surface area contributed by atoms with Crippen LogP contribution in [0.2, 0.25) is 0 Å². The van der Waals surface area contributed by atoms with Crippen LogP contribution in [-0.4, -0.2) is 16.3 Å². The molecule has 1 atom stereocenters. The number of aryl methyl sites for hydroxylation is 2. The third-order valence-electron chi connectivity index (χ3n) is 5.20. The van der Waals surface area contributed by atoms with Crippen LogP contribution in [0.4, 0.5) is 18.9 Å². The third kappa shape index (κ3) is 4.29. The van der Waals surface area contributed by atoms with Crippen LogP contribution in [0.3, 0.4) is 0 Å². The minimum absolute atomic E-state index is 0.0292. The number of thioether (sulfide) groups is 1. The summed E-state index contributed by atoms with van der Waals surface area (Å²) in [6.45, 7) is 3.49. The van der Waals surface area contributed by atoms with Gasteiger partial charge >= 0.3 is 6.18 Å². The number of alkyl halides is 3. The molecule has 0 N–H and O–H groups in total. The molecule has 2 heterocycles. The van der Waals surface area contributed by atoms with Crippen molar-refractivity contribution in [1.82, 2.24) is 9.78 Å². The average molecular weight is 418 g/mol. The zero-order valence-electron chi connectivity index (χ0n) is 16.3. The second kappa shape index (κ2) is 7.78. The van der Waals surface area contributed by atoms with Crippen molar-refractivity contribution in [1.29, 1.82) is 0 Å². The van der Waals surface area contributed by atoms with Gasteiger partial charge in [0, 0.05) is 42.0 Å². The topological polar surface area (TPSA) is 21.1 Å².